The Labute approximate surface area is 120 Å². The van der Waals surface area contributed by atoms with Crippen LogP contribution in [0.3, 0.4) is 0 Å². The number of carbonyl (C=O) groups excluding carboxylic acids is 1. The molecule has 2 aromatic rings. The first-order valence-electron chi connectivity index (χ1n) is 6.46. The maximum absolute atomic E-state index is 12.1. The van der Waals surface area contributed by atoms with Crippen LogP contribution in [-0.4, -0.2) is 28.2 Å². The molecule has 0 aromatic carbocycles. The summed E-state index contributed by atoms with van der Waals surface area (Å²) >= 11 is 6.00. The first-order chi connectivity index (χ1) is 9.75. The van der Waals surface area contributed by atoms with Crippen molar-refractivity contribution < 1.29 is 14.4 Å². The summed E-state index contributed by atoms with van der Waals surface area (Å²) in [7, 11) is 0. The number of hydrogen-bond acceptors (Lipinski definition) is 4. The molecular formula is C13H14ClN3O3. The number of hydroxylamine groups is 1. The lowest BCUT2D eigenvalue weighted by molar-refractivity contribution is -0.186. The number of nitrogens with one attached hydrogen (secondary N) is 1. The molecular weight excluding hydrogens is 282 g/mol. The third-order valence-corrected chi connectivity index (χ3v) is 3.39. The van der Waals surface area contributed by atoms with E-state index in [9.17, 15) is 4.79 Å². The second-order valence-corrected chi connectivity index (χ2v) is 4.88. The molecule has 0 saturated carbocycles. The van der Waals surface area contributed by atoms with Crippen molar-refractivity contribution in [1.29, 1.82) is 0 Å². The average Bonchev–Trinajstić information content (AvgIpc) is 2.82. The fourth-order valence-electron chi connectivity index (χ4n) is 2.14. The summed E-state index contributed by atoms with van der Waals surface area (Å²) < 4.78 is 6.98. The molecule has 20 heavy (non-hydrogen) atoms. The van der Waals surface area contributed by atoms with Crippen LogP contribution in [0.15, 0.2) is 24.4 Å². The minimum Gasteiger partial charge on any atom is -0.350 e. The van der Waals surface area contributed by atoms with Gasteiger partial charge in [-0.05, 0) is 25.0 Å². The summed E-state index contributed by atoms with van der Waals surface area (Å²) in [5, 5.41) is 0.141. The maximum atomic E-state index is 12.1. The molecule has 1 aliphatic rings. The van der Waals surface area contributed by atoms with Gasteiger partial charge in [0.05, 0.1) is 0 Å². The van der Waals surface area contributed by atoms with E-state index < -0.39 is 12.2 Å². The lowest BCUT2D eigenvalue weighted by atomic mass is 10.2. The third-order valence-electron chi connectivity index (χ3n) is 3.12. The van der Waals surface area contributed by atoms with Gasteiger partial charge in [0.15, 0.2) is 17.1 Å². The molecule has 3 rings (SSSR count). The fraction of sp³-hybridized carbons (Fsp3) is 0.385. The third kappa shape index (κ3) is 2.63. The molecule has 106 valence electrons. The number of carbonyl (C=O) groups is 1. The molecule has 1 amide bonds. The Morgan fingerprint density at radius 1 is 1.50 bits per heavy atom. The van der Waals surface area contributed by atoms with Crippen LogP contribution in [0.2, 0.25) is 5.15 Å². The van der Waals surface area contributed by atoms with Gasteiger partial charge in [0.25, 0.3) is 5.91 Å². The first-order valence-corrected chi connectivity index (χ1v) is 6.83. The molecule has 7 heteroatoms. The smallest absolute Gasteiger partial charge is 0.295 e. The van der Waals surface area contributed by atoms with Crippen LogP contribution >= 0.6 is 11.6 Å². The highest BCUT2D eigenvalue weighted by Crippen LogP contribution is 2.18. The van der Waals surface area contributed by atoms with Crippen LogP contribution < -0.4 is 5.48 Å². The number of halogens is 1. The number of pyridine rings is 1. The number of fused-ring (bicyclic) bond motifs is 1. The predicted octanol–water partition coefficient (Wildman–Crippen LogP) is 2.18. The van der Waals surface area contributed by atoms with Crippen molar-refractivity contribution in [2.45, 2.75) is 25.6 Å². The molecule has 1 N–H and O–H groups in total. The van der Waals surface area contributed by atoms with E-state index in [4.69, 9.17) is 21.2 Å². The van der Waals surface area contributed by atoms with Crippen molar-refractivity contribution in [3.63, 3.8) is 0 Å². The van der Waals surface area contributed by atoms with Crippen LogP contribution in [0.4, 0.5) is 0 Å². The van der Waals surface area contributed by atoms with Crippen molar-refractivity contribution in [2.24, 2.45) is 0 Å². The Morgan fingerprint density at radius 3 is 3.20 bits per heavy atom. The topological polar surface area (TPSA) is 64.9 Å². The summed E-state index contributed by atoms with van der Waals surface area (Å²) in [4.78, 5) is 21.5. The van der Waals surface area contributed by atoms with E-state index in [0.717, 1.165) is 19.3 Å². The van der Waals surface area contributed by atoms with Gasteiger partial charge < -0.3 is 4.74 Å². The summed E-state index contributed by atoms with van der Waals surface area (Å²) in [6.45, 7) is 0.650. The van der Waals surface area contributed by atoms with Gasteiger partial charge in [-0.3, -0.25) is 9.20 Å². The van der Waals surface area contributed by atoms with E-state index in [1.165, 1.54) is 0 Å². The van der Waals surface area contributed by atoms with Gasteiger partial charge >= 0.3 is 0 Å². The monoisotopic (exact) mass is 295 g/mol. The summed E-state index contributed by atoms with van der Waals surface area (Å²) in [5.41, 5.74) is 3.23. The quantitative estimate of drug-likeness (QED) is 0.882. The van der Waals surface area contributed by atoms with E-state index >= 15 is 0 Å². The van der Waals surface area contributed by atoms with Gasteiger partial charge in [0.2, 0.25) is 0 Å². The summed E-state index contributed by atoms with van der Waals surface area (Å²) in [6.07, 6.45) is 4.14. The van der Waals surface area contributed by atoms with Gasteiger partial charge in [-0.15, -0.1) is 0 Å². The number of hydrogen-bond donors (Lipinski definition) is 1. The van der Waals surface area contributed by atoms with Crippen molar-refractivity contribution in [3.8, 4) is 0 Å². The number of imidazole rings is 1. The normalized spacial score (nSPS) is 19.1. The minimum atomic E-state index is -0.442. The molecule has 6 nitrogen and oxygen atoms in total. The average molecular weight is 296 g/mol. The Morgan fingerprint density at radius 2 is 2.40 bits per heavy atom. The van der Waals surface area contributed by atoms with Gasteiger partial charge in [-0.1, -0.05) is 17.7 Å². The zero-order valence-electron chi connectivity index (χ0n) is 10.7. The van der Waals surface area contributed by atoms with Crippen LogP contribution in [0.5, 0.6) is 0 Å². The highest BCUT2D eigenvalue weighted by Gasteiger charge is 2.20. The first kappa shape index (κ1) is 13.4. The highest BCUT2D eigenvalue weighted by atomic mass is 35.5. The number of rotatable bonds is 3. The summed E-state index contributed by atoms with van der Waals surface area (Å²) in [6, 6.07) is 5.40. The molecule has 1 aliphatic heterocycles. The SMILES string of the molecule is O=C(NO[C@H]1CCCCO1)c1c(Cl)nc2ccccn12. The second-order valence-electron chi connectivity index (χ2n) is 4.53. The van der Waals surface area contributed by atoms with E-state index in [1.54, 1.807) is 22.7 Å². The van der Waals surface area contributed by atoms with E-state index in [1.807, 2.05) is 6.07 Å². The van der Waals surface area contributed by atoms with Crippen molar-refractivity contribution in [1.82, 2.24) is 14.9 Å². The van der Waals surface area contributed by atoms with Crippen LogP contribution in [0, 0.1) is 0 Å². The molecule has 0 radical (unpaired) electrons. The number of aromatic nitrogens is 2. The molecule has 0 bridgehead atoms. The zero-order chi connectivity index (χ0) is 13.9. The molecule has 1 fully saturated rings. The van der Waals surface area contributed by atoms with E-state index in [-0.39, 0.29) is 10.8 Å². The summed E-state index contributed by atoms with van der Waals surface area (Å²) in [5.74, 6) is -0.442. The standard InChI is InChI=1S/C13H14ClN3O3/c14-12-11(17-7-3-1-5-9(17)15-12)13(18)16-20-10-6-2-4-8-19-10/h1,3,5,7,10H,2,4,6,8H2,(H,16,18)/t10-/m0/s1. The molecule has 3 heterocycles. The van der Waals surface area contributed by atoms with Gasteiger partial charge in [-0.2, -0.15) is 0 Å². The second kappa shape index (κ2) is 5.78. The fourth-order valence-corrected chi connectivity index (χ4v) is 2.41. The molecule has 2 aromatic heterocycles. The van der Waals surface area contributed by atoms with Crippen LogP contribution in [-0.2, 0) is 9.57 Å². The predicted molar refractivity (Wildman–Crippen MR) is 72.3 cm³/mol. The van der Waals surface area contributed by atoms with Gasteiger partial charge in [0, 0.05) is 19.2 Å². The molecule has 1 saturated heterocycles. The van der Waals surface area contributed by atoms with Crippen molar-refractivity contribution in [2.75, 3.05) is 6.61 Å². The van der Waals surface area contributed by atoms with Crippen LogP contribution in [0.1, 0.15) is 29.8 Å². The number of ether oxygens (including phenoxy) is 1. The molecule has 0 spiro atoms. The van der Waals surface area contributed by atoms with E-state index in [0.29, 0.717) is 12.3 Å². The van der Waals surface area contributed by atoms with Gasteiger partial charge in [0.1, 0.15) is 5.65 Å². The number of amides is 1. The Hall–Kier alpha value is -1.63. The van der Waals surface area contributed by atoms with Gasteiger partial charge in [-0.25, -0.2) is 15.3 Å². The van der Waals surface area contributed by atoms with Crippen LogP contribution in [0.25, 0.3) is 5.65 Å². The molecule has 0 aliphatic carbocycles. The Bertz CT molecular complexity index is 622. The highest BCUT2D eigenvalue weighted by molar-refractivity contribution is 6.32. The van der Waals surface area contributed by atoms with Crippen molar-refractivity contribution in [3.05, 3.63) is 35.2 Å². The number of nitrogens with zero attached hydrogens (tertiary/aromatic N) is 2. The lowest BCUT2D eigenvalue weighted by Gasteiger charge is -2.22. The Balaban J connectivity index is 1.73. The largest absolute Gasteiger partial charge is 0.350 e. The van der Waals surface area contributed by atoms with Crippen molar-refractivity contribution >= 4 is 23.2 Å². The lowest BCUT2D eigenvalue weighted by Crippen LogP contribution is -2.33. The Kier molecular flexibility index (Phi) is 3.86. The zero-order valence-corrected chi connectivity index (χ0v) is 11.5. The van der Waals surface area contributed by atoms with E-state index in [2.05, 4.69) is 10.5 Å². The molecule has 1 atom stereocenters. The minimum absolute atomic E-state index is 0.141. The maximum Gasteiger partial charge on any atom is 0.295 e. The molecule has 0 unspecified atom stereocenters.